The zero-order chi connectivity index (χ0) is 9.84. The molecule has 0 spiro atoms. The van der Waals surface area contributed by atoms with Crippen LogP contribution in [0.5, 0.6) is 0 Å². The molecule has 0 saturated carbocycles. The van der Waals surface area contributed by atoms with Crippen molar-refractivity contribution in [3.8, 4) is 0 Å². The highest BCUT2D eigenvalue weighted by molar-refractivity contribution is 6.30. The molecule has 0 aliphatic heterocycles. The first kappa shape index (κ1) is 10.2. The number of methoxy groups -OCH3 is 1. The van der Waals surface area contributed by atoms with E-state index < -0.39 is 6.10 Å². The normalized spacial score (nSPS) is 12.5. The molecule has 13 heavy (non-hydrogen) atoms. The molecule has 0 radical (unpaired) electrons. The largest absolute Gasteiger partial charge is 0.369 e. The molecule has 0 N–H and O–H groups in total. The minimum absolute atomic E-state index is 0.516. The summed E-state index contributed by atoms with van der Waals surface area (Å²) in [5.41, 5.74) is 1.81. The Balaban J connectivity index is 3.05. The van der Waals surface area contributed by atoms with E-state index in [-0.39, 0.29) is 0 Å². The molecule has 1 aromatic rings. The van der Waals surface area contributed by atoms with Crippen molar-refractivity contribution in [1.82, 2.24) is 0 Å². The van der Waals surface area contributed by atoms with Gasteiger partial charge in [0.2, 0.25) is 0 Å². The quantitative estimate of drug-likeness (QED) is 0.698. The van der Waals surface area contributed by atoms with Crippen LogP contribution < -0.4 is 0 Å². The van der Waals surface area contributed by atoms with Crippen molar-refractivity contribution in [2.75, 3.05) is 7.11 Å². The zero-order valence-corrected chi connectivity index (χ0v) is 8.34. The van der Waals surface area contributed by atoms with Gasteiger partial charge in [0.05, 0.1) is 0 Å². The fourth-order valence-corrected chi connectivity index (χ4v) is 1.50. The highest BCUT2D eigenvalue weighted by Crippen LogP contribution is 2.20. The lowest BCUT2D eigenvalue weighted by Gasteiger charge is -2.09. The monoisotopic (exact) mass is 198 g/mol. The Kier molecular flexibility index (Phi) is 3.46. The molecule has 1 aromatic carbocycles. The van der Waals surface area contributed by atoms with Crippen molar-refractivity contribution in [3.63, 3.8) is 0 Å². The Morgan fingerprint density at radius 1 is 1.46 bits per heavy atom. The SMILES string of the molecule is COC(C=O)c1cc(C)cc(Cl)c1. The number of benzene rings is 1. The summed E-state index contributed by atoms with van der Waals surface area (Å²) in [4.78, 5) is 10.6. The molecule has 1 unspecified atom stereocenters. The molecule has 0 aliphatic carbocycles. The van der Waals surface area contributed by atoms with Crippen LogP contribution in [-0.4, -0.2) is 13.4 Å². The molecule has 1 rings (SSSR count). The number of carbonyl (C=O) groups excluding carboxylic acids is 1. The molecule has 1 atom stereocenters. The number of ether oxygens (including phenoxy) is 1. The second-order valence-electron chi connectivity index (χ2n) is 2.85. The number of hydrogen-bond donors (Lipinski definition) is 0. The maximum absolute atomic E-state index is 10.6. The maximum atomic E-state index is 10.6. The van der Waals surface area contributed by atoms with E-state index in [0.29, 0.717) is 5.02 Å². The van der Waals surface area contributed by atoms with E-state index in [1.165, 1.54) is 7.11 Å². The Morgan fingerprint density at radius 3 is 2.62 bits per heavy atom. The van der Waals surface area contributed by atoms with Crippen molar-refractivity contribution >= 4 is 17.9 Å². The van der Waals surface area contributed by atoms with Crippen LogP contribution in [0.1, 0.15) is 17.2 Å². The van der Waals surface area contributed by atoms with Gasteiger partial charge in [-0.05, 0) is 30.2 Å². The highest BCUT2D eigenvalue weighted by atomic mass is 35.5. The van der Waals surface area contributed by atoms with Crippen LogP contribution in [0.4, 0.5) is 0 Å². The molecule has 0 fully saturated rings. The third kappa shape index (κ3) is 2.54. The molecule has 0 heterocycles. The molecule has 0 amide bonds. The predicted octanol–water partition coefficient (Wildman–Crippen LogP) is 2.53. The summed E-state index contributed by atoms with van der Waals surface area (Å²) in [7, 11) is 1.50. The van der Waals surface area contributed by atoms with E-state index in [1.807, 2.05) is 19.1 Å². The Hall–Kier alpha value is -0.860. The second-order valence-corrected chi connectivity index (χ2v) is 3.29. The number of aryl methyl sites for hydroxylation is 1. The van der Waals surface area contributed by atoms with E-state index in [4.69, 9.17) is 16.3 Å². The smallest absolute Gasteiger partial charge is 0.153 e. The van der Waals surface area contributed by atoms with Crippen molar-refractivity contribution in [1.29, 1.82) is 0 Å². The van der Waals surface area contributed by atoms with E-state index in [9.17, 15) is 4.79 Å². The summed E-state index contributed by atoms with van der Waals surface area (Å²) in [5, 5.41) is 0.624. The van der Waals surface area contributed by atoms with Crippen LogP contribution in [0, 0.1) is 6.92 Å². The Labute approximate surface area is 82.5 Å². The topological polar surface area (TPSA) is 26.3 Å². The van der Waals surface area contributed by atoms with Crippen LogP contribution in [-0.2, 0) is 9.53 Å². The first-order valence-corrected chi connectivity index (χ1v) is 4.30. The fraction of sp³-hybridized carbons (Fsp3) is 0.300. The van der Waals surface area contributed by atoms with Crippen LogP contribution in [0.15, 0.2) is 18.2 Å². The van der Waals surface area contributed by atoms with Gasteiger partial charge in [-0.1, -0.05) is 17.7 Å². The minimum atomic E-state index is -0.516. The number of aldehydes is 1. The van der Waals surface area contributed by atoms with Crippen LogP contribution >= 0.6 is 11.6 Å². The van der Waals surface area contributed by atoms with Crippen molar-refractivity contribution in [2.24, 2.45) is 0 Å². The van der Waals surface area contributed by atoms with Crippen molar-refractivity contribution in [2.45, 2.75) is 13.0 Å². The molecule has 0 aliphatic rings. The number of hydrogen-bond acceptors (Lipinski definition) is 2. The molecule has 70 valence electrons. The maximum Gasteiger partial charge on any atom is 0.153 e. The van der Waals surface area contributed by atoms with Gasteiger partial charge in [-0.3, -0.25) is 0 Å². The molecular weight excluding hydrogens is 188 g/mol. The Bertz CT molecular complexity index is 290. The van der Waals surface area contributed by atoms with Gasteiger partial charge < -0.3 is 9.53 Å². The molecule has 2 nitrogen and oxygen atoms in total. The molecule has 0 saturated heterocycles. The van der Waals surface area contributed by atoms with Gasteiger partial charge in [-0.25, -0.2) is 0 Å². The number of rotatable bonds is 3. The number of halogens is 1. The lowest BCUT2D eigenvalue weighted by atomic mass is 10.1. The molecule has 0 bridgehead atoms. The van der Waals surface area contributed by atoms with E-state index in [2.05, 4.69) is 0 Å². The van der Waals surface area contributed by atoms with Crippen LogP contribution in [0.3, 0.4) is 0 Å². The van der Waals surface area contributed by atoms with Crippen LogP contribution in [0.2, 0.25) is 5.02 Å². The van der Waals surface area contributed by atoms with Gasteiger partial charge in [0, 0.05) is 12.1 Å². The second kappa shape index (κ2) is 4.40. The summed E-state index contributed by atoms with van der Waals surface area (Å²) in [6.07, 6.45) is 0.239. The zero-order valence-electron chi connectivity index (χ0n) is 7.58. The van der Waals surface area contributed by atoms with E-state index in [0.717, 1.165) is 17.4 Å². The minimum Gasteiger partial charge on any atom is -0.369 e. The van der Waals surface area contributed by atoms with Crippen molar-refractivity contribution < 1.29 is 9.53 Å². The first-order valence-electron chi connectivity index (χ1n) is 3.92. The summed E-state index contributed by atoms with van der Waals surface area (Å²) in [6.45, 7) is 1.92. The van der Waals surface area contributed by atoms with Crippen molar-refractivity contribution in [3.05, 3.63) is 34.3 Å². The fourth-order valence-electron chi connectivity index (χ4n) is 1.20. The summed E-state index contributed by atoms with van der Waals surface area (Å²) < 4.78 is 4.97. The summed E-state index contributed by atoms with van der Waals surface area (Å²) >= 11 is 5.84. The summed E-state index contributed by atoms with van der Waals surface area (Å²) in [6, 6.07) is 5.45. The first-order chi connectivity index (χ1) is 6.17. The standard InChI is InChI=1S/C10H11ClO2/c1-7-3-8(5-9(11)4-7)10(6-12)13-2/h3-6,10H,1-2H3. The average Bonchev–Trinajstić information content (AvgIpc) is 2.04. The predicted molar refractivity (Wildman–Crippen MR) is 52.0 cm³/mol. The van der Waals surface area contributed by atoms with Gasteiger partial charge in [0.25, 0.3) is 0 Å². The third-order valence-corrected chi connectivity index (χ3v) is 1.99. The molecule has 3 heteroatoms. The highest BCUT2D eigenvalue weighted by Gasteiger charge is 2.09. The third-order valence-electron chi connectivity index (χ3n) is 1.77. The summed E-state index contributed by atoms with van der Waals surface area (Å²) in [5.74, 6) is 0. The van der Waals surface area contributed by atoms with Gasteiger partial charge in [0.15, 0.2) is 6.29 Å². The van der Waals surface area contributed by atoms with Gasteiger partial charge in [-0.2, -0.15) is 0 Å². The van der Waals surface area contributed by atoms with Gasteiger partial charge in [-0.15, -0.1) is 0 Å². The average molecular weight is 199 g/mol. The van der Waals surface area contributed by atoms with E-state index >= 15 is 0 Å². The Morgan fingerprint density at radius 2 is 2.15 bits per heavy atom. The van der Waals surface area contributed by atoms with Gasteiger partial charge >= 0.3 is 0 Å². The van der Waals surface area contributed by atoms with E-state index in [1.54, 1.807) is 6.07 Å². The lowest BCUT2D eigenvalue weighted by Crippen LogP contribution is -2.02. The molecular formula is C10H11ClO2. The van der Waals surface area contributed by atoms with Gasteiger partial charge in [0.1, 0.15) is 6.10 Å². The lowest BCUT2D eigenvalue weighted by molar-refractivity contribution is -0.116. The van der Waals surface area contributed by atoms with Crippen LogP contribution in [0.25, 0.3) is 0 Å². The molecule has 0 aromatic heterocycles. The number of carbonyl (C=O) groups is 1.